The average Bonchev–Trinajstić information content (AvgIpc) is 3.03. The standard InChI is InChI=1S/C32H37N5O4/c1-3-28(36-41-22-24-8-5-4-6-9-24)25-10-12-26(13-11-25)35-32-27-20-31(30(38-2)21-29(27)33-23-34-32)40-17-7-14-37-15-18-39-19-16-37/h4-6,8-13,20-21,23H,3,7,14-19,22H2,1-2H3,(H,33,34,35). The molecule has 0 unspecified atom stereocenters. The molecule has 1 fully saturated rings. The fourth-order valence-electron chi connectivity index (χ4n) is 4.69. The zero-order valence-electron chi connectivity index (χ0n) is 23.7. The van der Waals surface area contributed by atoms with E-state index in [1.165, 1.54) is 0 Å². The highest BCUT2D eigenvalue weighted by molar-refractivity contribution is 6.00. The van der Waals surface area contributed by atoms with Gasteiger partial charge in [0, 0.05) is 36.8 Å². The van der Waals surface area contributed by atoms with Crippen LogP contribution in [-0.2, 0) is 16.2 Å². The maximum Gasteiger partial charge on any atom is 0.162 e. The summed E-state index contributed by atoms with van der Waals surface area (Å²) in [7, 11) is 1.64. The topological polar surface area (TPSA) is 90.3 Å². The molecule has 0 radical (unpaired) electrons. The van der Waals surface area contributed by atoms with E-state index in [4.69, 9.17) is 19.0 Å². The third kappa shape index (κ3) is 7.71. The SMILES string of the molecule is CCC(=NOCc1ccccc1)c1ccc(Nc2ncnc3cc(OC)c(OCCCN4CCOCC4)cc23)cc1. The molecule has 3 aromatic carbocycles. The Bertz CT molecular complexity index is 1420. The molecule has 1 aliphatic rings. The molecule has 0 amide bonds. The first-order valence-corrected chi connectivity index (χ1v) is 14.1. The van der Waals surface area contributed by atoms with Crippen molar-refractivity contribution in [1.29, 1.82) is 0 Å². The summed E-state index contributed by atoms with van der Waals surface area (Å²) < 4.78 is 17.2. The quantitative estimate of drug-likeness (QED) is 0.126. The first-order valence-electron chi connectivity index (χ1n) is 14.1. The van der Waals surface area contributed by atoms with Crippen molar-refractivity contribution in [1.82, 2.24) is 14.9 Å². The van der Waals surface area contributed by atoms with Crippen molar-refractivity contribution in [3.8, 4) is 11.5 Å². The van der Waals surface area contributed by atoms with Crippen molar-refractivity contribution in [3.05, 3.63) is 84.2 Å². The number of nitrogens with one attached hydrogen (secondary N) is 1. The number of hydrogen-bond acceptors (Lipinski definition) is 9. The first-order chi connectivity index (χ1) is 20.2. The molecule has 9 nitrogen and oxygen atoms in total. The van der Waals surface area contributed by atoms with Gasteiger partial charge in [0.25, 0.3) is 0 Å². The molecule has 0 spiro atoms. The minimum atomic E-state index is 0.440. The van der Waals surface area contributed by atoms with Crippen LogP contribution in [0.5, 0.6) is 11.5 Å². The molecule has 5 rings (SSSR count). The number of anilines is 2. The fraction of sp³-hybridized carbons (Fsp3) is 0.344. The van der Waals surface area contributed by atoms with Crippen LogP contribution >= 0.6 is 0 Å². The summed E-state index contributed by atoms with van der Waals surface area (Å²) in [6.07, 6.45) is 3.23. The number of morpholine rings is 1. The van der Waals surface area contributed by atoms with E-state index in [0.717, 1.165) is 79.1 Å². The molecule has 0 bridgehead atoms. The van der Waals surface area contributed by atoms with Gasteiger partial charge in [0.05, 0.1) is 38.2 Å². The fourth-order valence-corrected chi connectivity index (χ4v) is 4.69. The second-order valence-corrected chi connectivity index (χ2v) is 9.75. The zero-order valence-corrected chi connectivity index (χ0v) is 23.7. The predicted molar refractivity (Wildman–Crippen MR) is 161 cm³/mol. The molecular weight excluding hydrogens is 518 g/mol. The van der Waals surface area contributed by atoms with Gasteiger partial charge in [0.15, 0.2) is 11.5 Å². The number of methoxy groups -OCH3 is 1. The van der Waals surface area contributed by atoms with Crippen LogP contribution in [0, 0.1) is 0 Å². The van der Waals surface area contributed by atoms with Gasteiger partial charge in [-0.25, -0.2) is 9.97 Å². The van der Waals surface area contributed by atoms with E-state index in [1.54, 1.807) is 13.4 Å². The van der Waals surface area contributed by atoms with Gasteiger partial charge in [-0.15, -0.1) is 0 Å². The summed E-state index contributed by atoms with van der Waals surface area (Å²) in [6, 6.07) is 22.0. The Morgan fingerprint density at radius 2 is 1.80 bits per heavy atom. The molecule has 1 aromatic heterocycles. The van der Waals surface area contributed by atoms with Gasteiger partial charge < -0.3 is 24.4 Å². The summed E-state index contributed by atoms with van der Waals surface area (Å²) in [5, 5.41) is 8.67. The predicted octanol–water partition coefficient (Wildman–Crippen LogP) is 5.81. The molecular formula is C32H37N5O4. The number of benzene rings is 3. The largest absolute Gasteiger partial charge is 0.493 e. The second kappa shape index (κ2) is 14.4. The molecule has 9 heteroatoms. The molecule has 41 heavy (non-hydrogen) atoms. The number of hydrogen-bond donors (Lipinski definition) is 1. The van der Waals surface area contributed by atoms with Crippen LogP contribution in [0.15, 0.2) is 78.2 Å². The van der Waals surface area contributed by atoms with E-state index in [0.29, 0.717) is 30.5 Å². The van der Waals surface area contributed by atoms with Crippen molar-refractivity contribution in [3.63, 3.8) is 0 Å². The highest BCUT2D eigenvalue weighted by atomic mass is 16.6. The maximum absolute atomic E-state index is 6.16. The highest BCUT2D eigenvalue weighted by Gasteiger charge is 2.14. The number of aromatic nitrogens is 2. The minimum Gasteiger partial charge on any atom is -0.493 e. The van der Waals surface area contributed by atoms with Gasteiger partial charge in [0.1, 0.15) is 18.8 Å². The Hall–Kier alpha value is -4.21. The Labute approximate surface area is 241 Å². The summed E-state index contributed by atoms with van der Waals surface area (Å²) in [4.78, 5) is 17.0. The second-order valence-electron chi connectivity index (χ2n) is 9.75. The lowest BCUT2D eigenvalue weighted by Gasteiger charge is -2.26. The van der Waals surface area contributed by atoms with Crippen LogP contribution in [0.25, 0.3) is 10.9 Å². The van der Waals surface area contributed by atoms with E-state index in [2.05, 4.69) is 32.3 Å². The molecule has 0 aliphatic carbocycles. The number of fused-ring (bicyclic) bond motifs is 1. The minimum absolute atomic E-state index is 0.440. The lowest BCUT2D eigenvalue weighted by Crippen LogP contribution is -2.37. The van der Waals surface area contributed by atoms with Crippen LogP contribution in [0.1, 0.15) is 30.9 Å². The maximum atomic E-state index is 6.16. The molecule has 1 aliphatic heterocycles. The Balaban J connectivity index is 1.25. The number of ether oxygens (including phenoxy) is 3. The first kappa shape index (κ1) is 28.3. The van der Waals surface area contributed by atoms with E-state index >= 15 is 0 Å². The van der Waals surface area contributed by atoms with E-state index in [1.807, 2.05) is 66.7 Å². The molecule has 4 aromatic rings. The van der Waals surface area contributed by atoms with Crippen molar-refractivity contribution in [2.24, 2.45) is 5.16 Å². The molecule has 1 N–H and O–H groups in total. The van der Waals surface area contributed by atoms with Gasteiger partial charge >= 0.3 is 0 Å². The van der Waals surface area contributed by atoms with Crippen LogP contribution in [0.3, 0.4) is 0 Å². The number of nitrogens with zero attached hydrogens (tertiary/aromatic N) is 4. The molecule has 0 atom stereocenters. The summed E-state index contributed by atoms with van der Waals surface area (Å²) in [6.45, 7) is 7.63. The van der Waals surface area contributed by atoms with Crippen molar-refractivity contribution in [2.45, 2.75) is 26.4 Å². The third-order valence-electron chi connectivity index (χ3n) is 6.97. The Morgan fingerprint density at radius 3 is 2.56 bits per heavy atom. The zero-order chi connectivity index (χ0) is 28.3. The van der Waals surface area contributed by atoms with Crippen LogP contribution in [0.4, 0.5) is 11.5 Å². The van der Waals surface area contributed by atoms with Crippen molar-refractivity contribution < 1.29 is 19.0 Å². The van der Waals surface area contributed by atoms with Crippen molar-refractivity contribution in [2.75, 3.05) is 51.9 Å². The summed E-state index contributed by atoms with van der Waals surface area (Å²) >= 11 is 0. The van der Waals surface area contributed by atoms with Gasteiger partial charge in [-0.05, 0) is 42.2 Å². The van der Waals surface area contributed by atoms with Crippen LogP contribution < -0.4 is 14.8 Å². The summed E-state index contributed by atoms with van der Waals surface area (Å²) in [5.41, 5.74) is 4.66. The number of rotatable bonds is 13. The van der Waals surface area contributed by atoms with E-state index in [-0.39, 0.29) is 0 Å². The van der Waals surface area contributed by atoms with Gasteiger partial charge in [-0.2, -0.15) is 0 Å². The van der Waals surface area contributed by atoms with E-state index in [9.17, 15) is 0 Å². The Kier molecular flexibility index (Phi) is 9.97. The van der Waals surface area contributed by atoms with Crippen LogP contribution in [0.2, 0.25) is 0 Å². The monoisotopic (exact) mass is 555 g/mol. The number of oxime groups is 1. The lowest BCUT2D eigenvalue weighted by molar-refractivity contribution is 0.0357. The van der Waals surface area contributed by atoms with Gasteiger partial charge in [-0.3, -0.25) is 4.90 Å². The normalized spacial score (nSPS) is 14.1. The molecule has 2 heterocycles. The molecule has 0 saturated carbocycles. The highest BCUT2D eigenvalue weighted by Crippen LogP contribution is 2.35. The average molecular weight is 556 g/mol. The third-order valence-corrected chi connectivity index (χ3v) is 6.97. The smallest absolute Gasteiger partial charge is 0.162 e. The lowest BCUT2D eigenvalue weighted by atomic mass is 10.1. The van der Waals surface area contributed by atoms with Gasteiger partial charge in [0.2, 0.25) is 0 Å². The molecule has 214 valence electrons. The van der Waals surface area contributed by atoms with E-state index < -0.39 is 0 Å². The molecule has 1 saturated heterocycles. The Morgan fingerprint density at radius 1 is 1.00 bits per heavy atom. The van der Waals surface area contributed by atoms with Crippen LogP contribution in [-0.4, -0.2) is 67.1 Å². The van der Waals surface area contributed by atoms with Crippen molar-refractivity contribution >= 4 is 28.1 Å². The van der Waals surface area contributed by atoms with Gasteiger partial charge in [-0.1, -0.05) is 54.5 Å². The summed E-state index contributed by atoms with van der Waals surface area (Å²) in [5.74, 6) is 2.02.